The van der Waals surface area contributed by atoms with Crippen LogP contribution in [0.3, 0.4) is 0 Å². The number of aromatic nitrogens is 2. The van der Waals surface area contributed by atoms with Crippen LogP contribution in [0.4, 0.5) is 5.69 Å². The number of anilines is 1. The van der Waals surface area contributed by atoms with Crippen LogP contribution in [-0.4, -0.2) is 23.1 Å². The molecule has 2 fully saturated rings. The summed E-state index contributed by atoms with van der Waals surface area (Å²) in [5.74, 6) is 0.937. The third-order valence-electron chi connectivity index (χ3n) is 5.55. The van der Waals surface area contributed by atoms with Crippen molar-refractivity contribution in [3.63, 3.8) is 0 Å². The van der Waals surface area contributed by atoms with Gasteiger partial charge >= 0.3 is 0 Å². The maximum Gasteiger partial charge on any atom is 0.139 e. The molecule has 4 rings (SSSR count). The molecule has 2 aromatic rings. The lowest BCUT2D eigenvalue weighted by Crippen LogP contribution is -2.31. The van der Waals surface area contributed by atoms with Crippen molar-refractivity contribution < 1.29 is 0 Å². The van der Waals surface area contributed by atoms with Crippen molar-refractivity contribution >= 4 is 16.7 Å². The van der Waals surface area contributed by atoms with Gasteiger partial charge in [-0.3, -0.25) is 0 Å². The molecule has 0 atom stereocenters. The maximum atomic E-state index is 4.40. The van der Waals surface area contributed by atoms with Gasteiger partial charge in [0.2, 0.25) is 0 Å². The largest absolute Gasteiger partial charge is 0.370 e. The molecule has 106 valence electrons. The molecule has 2 aromatic heterocycles. The van der Waals surface area contributed by atoms with Crippen molar-refractivity contribution in [2.75, 3.05) is 18.0 Å². The van der Waals surface area contributed by atoms with Crippen LogP contribution in [0, 0.1) is 11.3 Å². The predicted octanol–water partition coefficient (Wildman–Crippen LogP) is 3.97. The van der Waals surface area contributed by atoms with Gasteiger partial charge in [-0.25, -0.2) is 4.98 Å². The van der Waals surface area contributed by atoms with Gasteiger partial charge in [0, 0.05) is 36.6 Å². The molecule has 0 aromatic carbocycles. The monoisotopic (exact) mass is 269 g/mol. The molecule has 0 amide bonds. The summed E-state index contributed by atoms with van der Waals surface area (Å²) < 4.78 is 0. The second-order valence-corrected chi connectivity index (χ2v) is 6.92. The van der Waals surface area contributed by atoms with E-state index in [0.29, 0.717) is 5.41 Å². The van der Waals surface area contributed by atoms with Crippen LogP contribution < -0.4 is 4.90 Å². The number of nitrogens with zero attached hydrogens (tertiary/aromatic N) is 2. The lowest BCUT2D eigenvalue weighted by molar-refractivity contribution is 0.180. The molecule has 1 saturated heterocycles. The average Bonchev–Trinajstić information content (AvgIpc) is 3.09. The van der Waals surface area contributed by atoms with E-state index in [0.717, 1.165) is 11.6 Å². The van der Waals surface area contributed by atoms with Crippen LogP contribution in [-0.2, 0) is 0 Å². The SMILES string of the molecule is CC1CCC2(CC1)CCN(c1ccnc3[nH]ccc13)C2. The summed E-state index contributed by atoms with van der Waals surface area (Å²) in [6.07, 6.45) is 11.0. The van der Waals surface area contributed by atoms with Crippen molar-refractivity contribution in [1.29, 1.82) is 0 Å². The number of hydrogen-bond donors (Lipinski definition) is 1. The van der Waals surface area contributed by atoms with E-state index in [-0.39, 0.29) is 0 Å². The van der Waals surface area contributed by atoms with E-state index in [1.165, 1.54) is 56.3 Å². The molecule has 0 radical (unpaired) electrons. The Morgan fingerprint density at radius 2 is 2.10 bits per heavy atom. The molecular weight excluding hydrogens is 246 g/mol. The fourth-order valence-corrected chi connectivity index (χ4v) is 4.15. The fourth-order valence-electron chi connectivity index (χ4n) is 4.15. The van der Waals surface area contributed by atoms with Crippen LogP contribution in [0.1, 0.15) is 39.0 Å². The van der Waals surface area contributed by atoms with Crippen LogP contribution in [0.25, 0.3) is 11.0 Å². The second kappa shape index (κ2) is 4.51. The smallest absolute Gasteiger partial charge is 0.139 e. The third kappa shape index (κ3) is 1.91. The first-order valence-electron chi connectivity index (χ1n) is 7.93. The average molecular weight is 269 g/mol. The summed E-state index contributed by atoms with van der Waals surface area (Å²) >= 11 is 0. The molecular formula is C17H23N3. The van der Waals surface area contributed by atoms with E-state index < -0.39 is 0 Å². The molecule has 20 heavy (non-hydrogen) atoms. The van der Waals surface area contributed by atoms with Crippen molar-refractivity contribution in [3.8, 4) is 0 Å². The molecule has 1 N–H and O–H groups in total. The molecule has 3 heterocycles. The van der Waals surface area contributed by atoms with Crippen LogP contribution in [0.5, 0.6) is 0 Å². The Morgan fingerprint density at radius 3 is 2.95 bits per heavy atom. The summed E-state index contributed by atoms with van der Waals surface area (Å²) in [6, 6.07) is 4.34. The number of pyridine rings is 1. The Balaban J connectivity index is 1.60. The third-order valence-corrected chi connectivity index (χ3v) is 5.55. The second-order valence-electron chi connectivity index (χ2n) is 6.92. The minimum atomic E-state index is 0.596. The van der Waals surface area contributed by atoms with Crippen molar-refractivity contribution in [3.05, 3.63) is 24.5 Å². The zero-order valence-corrected chi connectivity index (χ0v) is 12.2. The van der Waals surface area contributed by atoms with Gasteiger partial charge in [-0.05, 0) is 42.7 Å². The topological polar surface area (TPSA) is 31.9 Å². The van der Waals surface area contributed by atoms with E-state index >= 15 is 0 Å². The normalized spacial score (nSPS) is 30.4. The molecule has 0 unspecified atom stereocenters. The Bertz CT molecular complexity index is 607. The van der Waals surface area contributed by atoms with Crippen LogP contribution >= 0.6 is 0 Å². The Labute approximate surface area is 120 Å². The van der Waals surface area contributed by atoms with E-state index in [9.17, 15) is 0 Å². The molecule has 2 aliphatic rings. The number of H-pyrrole nitrogens is 1. The number of aromatic amines is 1. The van der Waals surface area contributed by atoms with Gasteiger partial charge in [0.05, 0.1) is 0 Å². The summed E-state index contributed by atoms with van der Waals surface area (Å²) in [7, 11) is 0. The van der Waals surface area contributed by atoms with Crippen molar-refractivity contribution in [1.82, 2.24) is 9.97 Å². The Kier molecular flexibility index (Phi) is 2.76. The Morgan fingerprint density at radius 1 is 1.25 bits per heavy atom. The lowest BCUT2D eigenvalue weighted by Gasteiger charge is -2.36. The zero-order chi connectivity index (χ0) is 13.6. The Hall–Kier alpha value is -1.51. The highest BCUT2D eigenvalue weighted by atomic mass is 15.2. The van der Waals surface area contributed by atoms with Gasteiger partial charge < -0.3 is 9.88 Å². The molecule has 1 aliphatic carbocycles. The number of nitrogens with one attached hydrogen (secondary N) is 1. The highest BCUT2D eigenvalue weighted by molar-refractivity contribution is 5.89. The summed E-state index contributed by atoms with van der Waals surface area (Å²) in [5.41, 5.74) is 2.98. The van der Waals surface area contributed by atoms with E-state index in [1.807, 2.05) is 12.4 Å². The minimum Gasteiger partial charge on any atom is -0.370 e. The van der Waals surface area contributed by atoms with Crippen molar-refractivity contribution in [2.45, 2.75) is 39.0 Å². The molecule has 1 spiro atoms. The van der Waals surface area contributed by atoms with Crippen molar-refractivity contribution in [2.24, 2.45) is 11.3 Å². The van der Waals surface area contributed by atoms with Gasteiger partial charge in [-0.1, -0.05) is 19.8 Å². The highest BCUT2D eigenvalue weighted by Crippen LogP contribution is 2.46. The van der Waals surface area contributed by atoms with E-state index in [2.05, 4.69) is 33.9 Å². The summed E-state index contributed by atoms with van der Waals surface area (Å²) in [4.78, 5) is 10.2. The van der Waals surface area contributed by atoms with Crippen LogP contribution in [0.15, 0.2) is 24.5 Å². The quantitative estimate of drug-likeness (QED) is 0.849. The summed E-state index contributed by atoms with van der Waals surface area (Å²) in [6.45, 7) is 4.86. The van der Waals surface area contributed by atoms with E-state index in [4.69, 9.17) is 0 Å². The molecule has 3 nitrogen and oxygen atoms in total. The molecule has 1 saturated carbocycles. The fraction of sp³-hybridized carbons (Fsp3) is 0.588. The van der Waals surface area contributed by atoms with Crippen LogP contribution in [0.2, 0.25) is 0 Å². The first-order valence-corrected chi connectivity index (χ1v) is 7.93. The number of fused-ring (bicyclic) bond motifs is 1. The first kappa shape index (κ1) is 12.2. The van der Waals surface area contributed by atoms with Gasteiger partial charge in [-0.15, -0.1) is 0 Å². The van der Waals surface area contributed by atoms with Gasteiger partial charge in [0.15, 0.2) is 0 Å². The lowest BCUT2D eigenvalue weighted by atomic mass is 9.70. The minimum absolute atomic E-state index is 0.596. The van der Waals surface area contributed by atoms with Gasteiger partial charge in [0.25, 0.3) is 0 Å². The number of hydrogen-bond acceptors (Lipinski definition) is 2. The maximum absolute atomic E-state index is 4.40. The first-order chi connectivity index (χ1) is 9.76. The zero-order valence-electron chi connectivity index (χ0n) is 12.2. The predicted molar refractivity (Wildman–Crippen MR) is 83.0 cm³/mol. The summed E-state index contributed by atoms with van der Waals surface area (Å²) in [5, 5.41) is 1.27. The molecule has 1 aliphatic heterocycles. The van der Waals surface area contributed by atoms with E-state index in [1.54, 1.807) is 0 Å². The highest BCUT2D eigenvalue weighted by Gasteiger charge is 2.40. The van der Waals surface area contributed by atoms with Gasteiger partial charge in [0.1, 0.15) is 5.65 Å². The standard InChI is InChI=1S/C17H23N3/c1-13-2-6-17(7-3-13)8-11-20(12-17)15-5-10-19-16-14(15)4-9-18-16/h4-5,9-10,13H,2-3,6-8,11-12H2,1H3,(H,18,19). The number of rotatable bonds is 1. The molecule has 0 bridgehead atoms. The van der Waals surface area contributed by atoms with Gasteiger partial charge in [-0.2, -0.15) is 0 Å². The molecule has 3 heteroatoms.